The van der Waals surface area contributed by atoms with Crippen LogP contribution in [-0.4, -0.2) is 18.4 Å². The quantitative estimate of drug-likeness (QED) is 0.721. The summed E-state index contributed by atoms with van der Waals surface area (Å²) < 4.78 is 43.3. The van der Waals surface area contributed by atoms with E-state index in [0.29, 0.717) is 17.7 Å². The lowest BCUT2D eigenvalue weighted by atomic mass is 10.1. The number of carbonyl (C=O) groups excluding carboxylic acids is 2. The van der Waals surface area contributed by atoms with E-state index in [9.17, 15) is 22.8 Å². The molecule has 1 aliphatic carbocycles. The van der Waals surface area contributed by atoms with E-state index >= 15 is 0 Å². The van der Waals surface area contributed by atoms with Crippen molar-refractivity contribution >= 4 is 11.8 Å². The molecule has 8 heteroatoms. The summed E-state index contributed by atoms with van der Waals surface area (Å²) in [5, 5.41) is 0. The van der Waals surface area contributed by atoms with Gasteiger partial charge in [0, 0.05) is 5.92 Å². The number of benzene rings is 2. The summed E-state index contributed by atoms with van der Waals surface area (Å²) in [4.78, 5) is 24.0. The molecule has 0 saturated heterocycles. The van der Waals surface area contributed by atoms with Crippen molar-refractivity contribution in [1.29, 1.82) is 0 Å². The Bertz CT molecular complexity index is 881. The third-order valence-electron chi connectivity index (χ3n) is 4.83. The van der Waals surface area contributed by atoms with Crippen LogP contribution in [0.3, 0.4) is 0 Å². The van der Waals surface area contributed by atoms with E-state index < -0.39 is 17.6 Å². The lowest BCUT2D eigenvalue weighted by Gasteiger charge is -2.11. The topological polar surface area (TPSA) is 67.4 Å². The van der Waals surface area contributed by atoms with E-state index in [2.05, 4.69) is 10.9 Å². The molecule has 0 spiro atoms. The van der Waals surface area contributed by atoms with Crippen LogP contribution in [0.1, 0.15) is 36.0 Å². The summed E-state index contributed by atoms with van der Waals surface area (Å²) in [6.45, 7) is 1.73. The maximum atomic E-state index is 12.6. The van der Waals surface area contributed by atoms with Gasteiger partial charge in [0.15, 0.2) is 6.61 Å². The Morgan fingerprint density at radius 2 is 1.76 bits per heavy atom. The summed E-state index contributed by atoms with van der Waals surface area (Å²) in [7, 11) is 0. The van der Waals surface area contributed by atoms with Crippen LogP contribution < -0.4 is 15.6 Å². The van der Waals surface area contributed by atoms with Gasteiger partial charge in [-0.2, -0.15) is 13.2 Å². The molecule has 154 valence electrons. The van der Waals surface area contributed by atoms with Crippen LogP contribution in [-0.2, 0) is 22.2 Å². The number of carbonyl (C=O) groups is 2. The Morgan fingerprint density at radius 3 is 2.41 bits per heavy atom. The molecule has 0 radical (unpaired) electrons. The van der Waals surface area contributed by atoms with Gasteiger partial charge in [-0.25, -0.2) is 0 Å². The average Bonchev–Trinajstić information content (AvgIpc) is 3.51. The van der Waals surface area contributed by atoms with Gasteiger partial charge < -0.3 is 4.74 Å². The molecular formula is C21H21F3N2O3. The first-order chi connectivity index (χ1) is 13.8. The zero-order valence-electron chi connectivity index (χ0n) is 15.8. The summed E-state index contributed by atoms with van der Waals surface area (Å²) in [5.41, 5.74) is 5.57. The van der Waals surface area contributed by atoms with Gasteiger partial charge in [-0.3, -0.25) is 20.4 Å². The zero-order valence-corrected chi connectivity index (χ0v) is 15.8. The van der Waals surface area contributed by atoms with Crippen LogP contribution in [0, 0.1) is 5.92 Å². The fourth-order valence-electron chi connectivity index (χ4n) is 3.11. The first-order valence-corrected chi connectivity index (χ1v) is 9.26. The number of nitrogens with one attached hydrogen (secondary N) is 2. The maximum absolute atomic E-state index is 12.6. The Morgan fingerprint density at radius 1 is 1.07 bits per heavy atom. The Kier molecular flexibility index (Phi) is 6.10. The third-order valence-corrected chi connectivity index (χ3v) is 4.83. The minimum atomic E-state index is -4.39. The van der Waals surface area contributed by atoms with Gasteiger partial charge >= 0.3 is 6.18 Å². The highest BCUT2D eigenvalue weighted by Gasteiger charge is 2.44. The van der Waals surface area contributed by atoms with Crippen LogP contribution >= 0.6 is 0 Å². The predicted octanol–water partition coefficient (Wildman–Crippen LogP) is 3.60. The molecule has 2 N–H and O–H groups in total. The number of hydrazine groups is 1. The van der Waals surface area contributed by atoms with E-state index in [-0.39, 0.29) is 24.3 Å². The highest BCUT2D eigenvalue weighted by Crippen LogP contribution is 2.47. The number of aryl methyl sites for hydroxylation is 1. The van der Waals surface area contributed by atoms with Crippen molar-refractivity contribution in [2.24, 2.45) is 5.92 Å². The Hall–Kier alpha value is -3.03. The number of para-hydroxylation sites is 1. The molecule has 2 unspecified atom stereocenters. The molecule has 0 heterocycles. The van der Waals surface area contributed by atoms with Crippen molar-refractivity contribution in [3.8, 4) is 5.75 Å². The minimum absolute atomic E-state index is 0.151. The maximum Gasteiger partial charge on any atom is 0.416 e. The highest BCUT2D eigenvalue weighted by molar-refractivity contribution is 5.86. The molecule has 2 atom stereocenters. The number of amides is 2. The standard InChI is InChI=1S/C21H21F3N2O3/c1-2-13-5-3-4-6-18(13)29-12-19(27)25-26-20(28)17-11-16(17)14-7-9-15(10-8-14)21(22,23)24/h3-10,16-17H,2,11-12H2,1H3,(H,25,27)(H,26,28). The SMILES string of the molecule is CCc1ccccc1OCC(=O)NNC(=O)C1CC1c1ccc(C(F)(F)F)cc1. The molecule has 1 saturated carbocycles. The first kappa shape index (κ1) is 20.7. The van der Waals surface area contributed by atoms with Crippen molar-refractivity contribution in [3.05, 3.63) is 65.2 Å². The summed E-state index contributed by atoms with van der Waals surface area (Å²) >= 11 is 0. The normalized spacial score (nSPS) is 18.1. The van der Waals surface area contributed by atoms with Crippen LogP contribution in [0.15, 0.2) is 48.5 Å². The zero-order chi connectivity index (χ0) is 21.0. The first-order valence-electron chi connectivity index (χ1n) is 9.26. The van der Waals surface area contributed by atoms with Crippen molar-refractivity contribution in [2.45, 2.75) is 31.9 Å². The second kappa shape index (κ2) is 8.55. The number of halogens is 3. The van der Waals surface area contributed by atoms with Crippen LogP contribution in [0.2, 0.25) is 0 Å². The molecule has 1 fully saturated rings. The van der Waals surface area contributed by atoms with Crippen molar-refractivity contribution in [1.82, 2.24) is 10.9 Å². The third kappa shape index (κ3) is 5.28. The number of hydrogen-bond donors (Lipinski definition) is 2. The number of ether oxygens (including phenoxy) is 1. The molecule has 2 aromatic rings. The van der Waals surface area contributed by atoms with Gasteiger partial charge in [0.25, 0.3) is 5.91 Å². The van der Waals surface area contributed by atoms with Gasteiger partial charge in [-0.15, -0.1) is 0 Å². The lowest BCUT2D eigenvalue weighted by Crippen LogP contribution is -2.44. The Labute approximate surface area is 166 Å². The fourth-order valence-corrected chi connectivity index (χ4v) is 3.11. The molecular weight excluding hydrogens is 385 g/mol. The fraction of sp³-hybridized carbons (Fsp3) is 0.333. The van der Waals surface area contributed by atoms with E-state index in [1.54, 1.807) is 6.07 Å². The van der Waals surface area contributed by atoms with Gasteiger partial charge in [0.2, 0.25) is 5.91 Å². The Balaban J connectivity index is 1.44. The van der Waals surface area contributed by atoms with Crippen molar-refractivity contribution in [3.63, 3.8) is 0 Å². The van der Waals surface area contributed by atoms with Crippen LogP contribution in [0.5, 0.6) is 5.75 Å². The van der Waals surface area contributed by atoms with Gasteiger partial charge in [-0.1, -0.05) is 37.3 Å². The highest BCUT2D eigenvalue weighted by atomic mass is 19.4. The molecule has 2 aromatic carbocycles. The molecule has 2 amide bonds. The summed E-state index contributed by atoms with van der Waals surface area (Å²) in [5.74, 6) is -0.801. The van der Waals surface area contributed by atoms with Crippen molar-refractivity contribution < 1.29 is 27.5 Å². The van der Waals surface area contributed by atoms with Crippen LogP contribution in [0.25, 0.3) is 0 Å². The lowest BCUT2D eigenvalue weighted by molar-refractivity contribution is -0.137. The average molecular weight is 406 g/mol. The van der Waals surface area contributed by atoms with Gasteiger partial charge in [0.05, 0.1) is 5.56 Å². The summed E-state index contributed by atoms with van der Waals surface area (Å²) in [6.07, 6.45) is -3.10. The second-order valence-electron chi connectivity index (χ2n) is 6.86. The van der Waals surface area contributed by atoms with E-state index in [1.165, 1.54) is 12.1 Å². The van der Waals surface area contributed by atoms with Crippen molar-refractivity contribution in [2.75, 3.05) is 6.61 Å². The molecule has 5 nitrogen and oxygen atoms in total. The van der Waals surface area contributed by atoms with E-state index in [4.69, 9.17) is 4.74 Å². The molecule has 1 aliphatic rings. The number of hydrogen-bond acceptors (Lipinski definition) is 3. The second-order valence-corrected chi connectivity index (χ2v) is 6.86. The van der Waals surface area contributed by atoms with Gasteiger partial charge in [0.1, 0.15) is 5.75 Å². The smallest absolute Gasteiger partial charge is 0.416 e. The number of alkyl halides is 3. The van der Waals surface area contributed by atoms with Gasteiger partial charge in [-0.05, 0) is 48.1 Å². The van der Waals surface area contributed by atoms with E-state index in [1.807, 2.05) is 25.1 Å². The number of rotatable bonds is 6. The predicted molar refractivity (Wildman–Crippen MR) is 99.9 cm³/mol. The minimum Gasteiger partial charge on any atom is -0.483 e. The molecule has 0 bridgehead atoms. The van der Waals surface area contributed by atoms with Crippen LogP contribution in [0.4, 0.5) is 13.2 Å². The molecule has 3 rings (SSSR count). The van der Waals surface area contributed by atoms with E-state index in [0.717, 1.165) is 24.1 Å². The molecule has 29 heavy (non-hydrogen) atoms. The summed E-state index contributed by atoms with van der Waals surface area (Å²) in [6, 6.07) is 12.2. The molecule has 0 aliphatic heterocycles. The monoisotopic (exact) mass is 406 g/mol. The molecule has 0 aromatic heterocycles. The largest absolute Gasteiger partial charge is 0.483 e.